The Bertz CT molecular complexity index is 269. The SMILES string of the molecule is CCCN(C)CCC.Cc1ccc(C)cc1.O=CO. The van der Waals surface area contributed by atoms with Gasteiger partial charge in [-0.25, -0.2) is 0 Å². The van der Waals surface area contributed by atoms with Gasteiger partial charge in [0.25, 0.3) is 6.47 Å². The number of benzene rings is 1. The van der Waals surface area contributed by atoms with Crippen LogP contribution < -0.4 is 0 Å². The lowest BCUT2D eigenvalue weighted by molar-refractivity contribution is -0.122. The lowest BCUT2D eigenvalue weighted by Gasteiger charge is -2.12. The molecule has 0 atom stereocenters. The molecule has 0 fully saturated rings. The smallest absolute Gasteiger partial charge is 0.290 e. The van der Waals surface area contributed by atoms with Crippen molar-refractivity contribution in [1.82, 2.24) is 4.90 Å². The minimum absolute atomic E-state index is 0.250. The van der Waals surface area contributed by atoms with E-state index in [1.807, 2.05) is 0 Å². The molecule has 0 aliphatic carbocycles. The molecule has 3 nitrogen and oxygen atoms in total. The van der Waals surface area contributed by atoms with Crippen molar-refractivity contribution < 1.29 is 9.90 Å². The molecule has 0 aliphatic rings. The lowest BCUT2D eigenvalue weighted by Crippen LogP contribution is -2.19. The highest BCUT2D eigenvalue weighted by Crippen LogP contribution is 1.99. The summed E-state index contributed by atoms with van der Waals surface area (Å²) in [7, 11) is 2.17. The number of aryl methyl sites for hydroxylation is 2. The first-order valence-electron chi connectivity index (χ1n) is 6.81. The molecule has 0 saturated carbocycles. The molecule has 110 valence electrons. The fraction of sp³-hybridized carbons (Fsp3) is 0.562. The normalized spacial score (nSPS) is 8.95. The summed E-state index contributed by atoms with van der Waals surface area (Å²) >= 11 is 0. The minimum Gasteiger partial charge on any atom is -0.483 e. The van der Waals surface area contributed by atoms with Gasteiger partial charge in [-0.2, -0.15) is 0 Å². The van der Waals surface area contributed by atoms with E-state index in [-0.39, 0.29) is 6.47 Å². The van der Waals surface area contributed by atoms with Crippen molar-refractivity contribution >= 4 is 6.47 Å². The molecule has 0 bridgehead atoms. The van der Waals surface area contributed by atoms with Crippen LogP contribution in [0.3, 0.4) is 0 Å². The molecule has 1 aromatic rings. The molecule has 0 saturated heterocycles. The van der Waals surface area contributed by atoms with Crippen LogP contribution in [0, 0.1) is 13.8 Å². The van der Waals surface area contributed by atoms with Gasteiger partial charge < -0.3 is 10.0 Å². The number of carbonyl (C=O) groups is 1. The summed E-state index contributed by atoms with van der Waals surface area (Å²) in [5.74, 6) is 0. The van der Waals surface area contributed by atoms with Crippen LogP contribution in [0.15, 0.2) is 24.3 Å². The second-order valence-electron chi connectivity index (χ2n) is 4.56. The van der Waals surface area contributed by atoms with Gasteiger partial charge in [-0.1, -0.05) is 49.2 Å². The van der Waals surface area contributed by atoms with E-state index in [1.54, 1.807) is 0 Å². The van der Waals surface area contributed by atoms with Crippen molar-refractivity contribution in [2.45, 2.75) is 40.5 Å². The van der Waals surface area contributed by atoms with E-state index in [9.17, 15) is 0 Å². The maximum absolute atomic E-state index is 8.36. The van der Waals surface area contributed by atoms with Gasteiger partial charge >= 0.3 is 0 Å². The van der Waals surface area contributed by atoms with Crippen molar-refractivity contribution in [2.75, 3.05) is 20.1 Å². The Labute approximate surface area is 118 Å². The molecule has 1 rings (SSSR count). The summed E-state index contributed by atoms with van der Waals surface area (Å²) in [5.41, 5.74) is 2.66. The highest BCUT2D eigenvalue weighted by molar-refractivity contribution is 5.32. The zero-order chi connectivity index (χ0) is 15.1. The third-order valence-corrected chi connectivity index (χ3v) is 2.43. The summed E-state index contributed by atoms with van der Waals surface area (Å²) in [6.07, 6.45) is 2.55. The van der Waals surface area contributed by atoms with E-state index in [0.717, 1.165) is 0 Å². The van der Waals surface area contributed by atoms with Gasteiger partial charge in [0.15, 0.2) is 0 Å². The van der Waals surface area contributed by atoms with Crippen LogP contribution in [0.1, 0.15) is 37.8 Å². The second-order valence-corrected chi connectivity index (χ2v) is 4.56. The molecule has 3 heteroatoms. The molecule has 1 aromatic carbocycles. The number of hydrogen-bond acceptors (Lipinski definition) is 2. The number of hydrogen-bond donors (Lipinski definition) is 1. The first-order chi connectivity index (χ1) is 9.01. The van der Waals surface area contributed by atoms with Gasteiger partial charge in [0.2, 0.25) is 0 Å². The van der Waals surface area contributed by atoms with E-state index in [2.05, 4.69) is 63.9 Å². The van der Waals surface area contributed by atoms with Crippen LogP contribution in [-0.2, 0) is 4.79 Å². The predicted octanol–water partition coefficient (Wildman–Crippen LogP) is 3.74. The van der Waals surface area contributed by atoms with Gasteiger partial charge in [-0.05, 0) is 46.8 Å². The Morgan fingerprint density at radius 1 is 1.00 bits per heavy atom. The molecule has 1 N–H and O–H groups in total. The zero-order valence-corrected chi connectivity index (χ0v) is 13.0. The van der Waals surface area contributed by atoms with Crippen molar-refractivity contribution in [3.63, 3.8) is 0 Å². The largest absolute Gasteiger partial charge is 0.483 e. The number of nitrogens with zero attached hydrogens (tertiary/aromatic N) is 1. The second kappa shape index (κ2) is 14.7. The number of rotatable bonds is 4. The molecule has 0 unspecified atom stereocenters. The summed E-state index contributed by atoms with van der Waals surface area (Å²) in [4.78, 5) is 10.7. The Morgan fingerprint density at radius 3 is 1.47 bits per heavy atom. The van der Waals surface area contributed by atoms with Gasteiger partial charge in [-0.15, -0.1) is 0 Å². The fourth-order valence-electron chi connectivity index (χ4n) is 1.51. The first kappa shape index (κ1) is 20.0. The summed E-state index contributed by atoms with van der Waals surface area (Å²) < 4.78 is 0. The van der Waals surface area contributed by atoms with Crippen molar-refractivity contribution in [2.24, 2.45) is 0 Å². The average molecular weight is 267 g/mol. The van der Waals surface area contributed by atoms with Crippen LogP contribution in [-0.4, -0.2) is 36.6 Å². The molecule has 0 spiro atoms. The molecule has 0 aliphatic heterocycles. The number of carboxylic acid groups (broad SMARTS) is 1. The molecule has 0 heterocycles. The Hall–Kier alpha value is -1.35. The third kappa shape index (κ3) is 16.6. The summed E-state index contributed by atoms with van der Waals surface area (Å²) in [6.45, 7) is 10.9. The standard InChI is InChI=1S/C8H10.C7H17N.CH2O2/c1-7-3-5-8(2)6-4-7;1-4-6-8(3)7-5-2;2-1-3/h3-6H,1-2H3;4-7H2,1-3H3;1H,(H,2,3). The molecule has 0 amide bonds. The van der Waals surface area contributed by atoms with Gasteiger partial charge in [0.1, 0.15) is 0 Å². The Balaban J connectivity index is 0. The average Bonchev–Trinajstić information content (AvgIpc) is 2.35. The first-order valence-corrected chi connectivity index (χ1v) is 6.81. The molecular formula is C16H29NO2. The highest BCUT2D eigenvalue weighted by atomic mass is 16.3. The van der Waals surface area contributed by atoms with Crippen molar-refractivity contribution in [1.29, 1.82) is 0 Å². The Kier molecular flexibility index (Phi) is 15.5. The van der Waals surface area contributed by atoms with Gasteiger partial charge in [-0.3, -0.25) is 4.79 Å². The fourth-order valence-corrected chi connectivity index (χ4v) is 1.51. The lowest BCUT2D eigenvalue weighted by atomic mass is 10.2. The van der Waals surface area contributed by atoms with E-state index in [1.165, 1.54) is 37.1 Å². The molecule has 0 aromatic heterocycles. The monoisotopic (exact) mass is 267 g/mol. The van der Waals surface area contributed by atoms with E-state index < -0.39 is 0 Å². The maximum Gasteiger partial charge on any atom is 0.290 e. The molecule has 19 heavy (non-hydrogen) atoms. The van der Waals surface area contributed by atoms with Crippen molar-refractivity contribution in [3.05, 3.63) is 35.4 Å². The summed E-state index contributed by atoms with van der Waals surface area (Å²) in [5, 5.41) is 6.89. The van der Waals surface area contributed by atoms with E-state index >= 15 is 0 Å². The van der Waals surface area contributed by atoms with Crippen LogP contribution in [0.4, 0.5) is 0 Å². The van der Waals surface area contributed by atoms with Crippen LogP contribution in [0.2, 0.25) is 0 Å². The van der Waals surface area contributed by atoms with Crippen LogP contribution >= 0.6 is 0 Å². The molecular weight excluding hydrogens is 238 g/mol. The van der Waals surface area contributed by atoms with E-state index in [4.69, 9.17) is 9.90 Å². The topological polar surface area (TPSA) is 40.5 Å². The van der Waals surface area contributed by atoms with Crippen LogP contribution in [0.5, 0.6) is 0 Å². The quantitative estimate of drug-likeness (QED) is 0.845. The van der Waals surface area contributed by atoms with Crippen molar-refractivity contribution in [3.8, 4) is 0 Å². The van der Waals surface area contributed by atoms with Crippen LogP contribution in [0.25, 0.3) is 0 Å². The Morgan fingerprint density at radius 2 is 1.26 bits per heavy atom. The maximum atomic E-state index is 8.36. The van der Waals surface area contributed by atoms with Gasteiger partial charge in [0, 0.05) is 0 Å². The third-order valence-electron chi connectivity index (χ3n) is 2.43. The van der Waals surface area contributed by atoms with Gasteiger partial charge in [0.05, 0.1) is 0 Å². The van der Waals surface area contributed by atoms with E-state index in [0.29, 0.717) is 0 Å². The minimum atomic E-state index is -0.250. The molecule has 0 radical (unpaired) electrons. The summed E-state index contributed by atoms with van der Waals surface area (Å²) in [6, 6.07) is 8.48. The predicted molar refractivity (Wildman–Crippen MR) is 82.7 cm³/mol. The highest BCUT2D eigenvalue weighted by Gasteiger charge is 1.90. The zero-order valence-electron chi connectivity index (χ0n) is 13.0.